The summed E-state index contributed by atoms with van der Waals surface area (Å²) in [7, 11) is -3.07. The van der Waals surface area contributed by atoms with Crippen molar-refractivity contribution >= 4 is 38.9 Å². The number of carbonyl (C=O) groups is 1. The molecule has 2 heterocycles. The van der Waals surface area contributed by atoms with Crippen molar-refractivity contribution in [2.75, 3.05) is 24.6 Å². The van der Waals surface area contributed by atoms with Gasteiger partial charge in [0.15, 0.2) is 9.84 Å². The molecule has 7 nitrogen and oxygen atoms in total. The van der Waals surface area contributed by atoms with Crippen LogP contribution in [-0.2, 0) is 16.3 Å². The van der Waals surface area contributed by atoms with Gasteiger partial charge < -0.3 is 4.90 Å². The van der Waals surface area contributed by atoms with Crippen LogP contribution in [0.4, 0.5) is 0 Å². The number of nitrogens with zero attached hydrogens (tertiary/aromatic N) is 4. The summed E-state index contributed by atoms with van der Waals surface area (Å²) in [6, 6.07) is 5.08. The lowest BCUT2D eigenvalue weighted by Gasteiger charge is -2.25. The van der Waals surface area contributed by atoms with Crippen LogP contribution in [0.15, 0.2) is 18.2 Å². The molecular formula is C15H16Cl2N4O3S. The summed E-state index contributed by atoms with van der Waals surface area (Å²) in [6.45, 7) is 2.17. The van der Waals surface area contributed by atoms with Crippen LogP contribution >= 0.6 is 23.2 Å². The maximum Gasteiger partial charge on any atom is 0.293 e. The van der Waals surface area contributed by atoms with Crippen LogP contribution in [-0.4, -0.2) is 58.6 Å². The minimum atomic E-state index is -3.07. The number of carbonyl (C=O) groups excluding carboxylic acids is 1. The Bertz CT molecular complexity index is 893. The van der Waals surface area contributed by atoms with Crippen molar-refractivity contribution in [1.29, 1.82) is 0 Å². The van der Waals surface area contributed by atoms with Crippen LogP contribution in [0.25, 0.3) is 5.69 Å². The summed E-state index contributed by atoms with van der Waals surface area (Å²) in [5.74, 6) is 0.0639. The minimum absolute atomic E-state index is 0.00661. The van der Waals surface area contributed by atoms with Gasteiger partial charge in [0.05, 0.1) is 21.6 Å². The summed E-state index contributed by atoms with van der Waals surface area (Å²) in [4.78, 5) is 18.4. The fraction of sp³-hybridized carbons (Fsp3) is 0.400. The van der Waals surface area contributed by atoms with E-state index in [1.807, 2.05) is 6.92 Å². The van der Waals surface area contributed by atoms with Gasteiger partial charge in [0.1, 0.15) is 11.5 Å². The van der Waals surface area contributed by atoms with Crippen LogP contribution < -0.4 is 0 Å². The molecule has 10 heteroatoms. The molecule has 0 unspecified atom stereocenters. The molecule has 0 saturated carbocycles. The average molecular weight is 403 g/mol. The summed E-state index contributed by atoms with van der Waals surface area (Å²) in [5.41, 5.74) is 0.468. The van der Waals surface area contributed by atoms with Gasteiger partial charge in [-0.25, -0.2) is 18.1 Å². The Labute approximate surface area is 155 Å². The number of rotatable bonds is 3. The second kappa shape index (κ2) is 6.93. The fourth-order valence-electron chi connectivity index (χ4n) is 2.59. The van der Waals surface area contributed by atoms with Gasteiger partial charge in [-0.2, -0.15) is 0 Å². The van der Waals surface area contributed by atoms with E-state index in [4.69, 9.17) is 23.2 Å². The highest BCUT2D eigenvalue weighted by atomic mass is 35.5. The van der Waals surface area contributed by atoms with Gasteiger partial charge in [-0.1, -0.05) is 36.2 Å². The molecule has 134 valence electrons. The highest BCUT2D eigenvalue weighted by Gasteiger charge is 2.29. The van der Waals surface area contributed by atoms with E-state index in [2.05, 4.69) is 10.1 Å². The molecule has 1 aliphatic heterocycles. The lowest BCUT2D eigenvalue weighted by Crippen LogP contribution is -2.44. The zero-order valence-corrected chi connectivity index (χ0v) is 15.8. The molecule has 0 N–H and O–H groups in total. The molecule has 0 aliphatic carbocycles. The van der Waals surface area contributed by atoms with E-state index < -0.39 is 15.7 Å². The highest BCUT2D eigenvalue weighted by molar-refractivity contribution is 7.91. The van der Waals surface area contributed by atoms with Crippen molar-refractivity contribution in [2.24, 2.45) is 0 Å². The van der Waals surface area contributed by atoms with Crippen molar-refractivity contribution in [3.63, 3.8) is 0 Å². The first kappa shape index (κ1) is 18.2. The molecular weight excluding hydrogens is 387 g/mol. The Kier molecular flexibility index (Phi) is 5.04. The molecule has 25 heavy (non-hydrogen) atoms. The Morgan fingerprint density at radius 3 is 2.36 bits per heavy atom. The van der Waals surface area contributed by atoms with Crippen molar-refractivity contribution < 1.29 is 13.2 Å². The number of hydrogen-bond donors (Lipinski definition) is 0. The van der Waals surface area contributed by atoms with Gasteiger partial charge in [0.25, 0.3) is 5.91 Å². The number of sulfone groups is 1. The number of para-hydroxylation sites is 1. The first-order valence-corrected chi connectivity index (χ1v) is 10.3. The van der Waals surface area contributed by atoms with Crippen LogP contribution in [0, 0.1) is 0 Å². The molecule has 3 rings (SSSR count). The third kappa shape index (κ3) is 3.65. The zero-order chi connectivity index (χ0) is 18.2. The number of hydrogen-bond acceptors (Lipinski definition) is 5. The first-order chi connectivity index (χ1) is 11.8. The Hall–Kier alpha value is -1.64. The van der Waals surface area contributed by atoms with Gasteiger partial charge in [-0.05, 0) is 12.1 Å². The lowest BCUT2D eigenvalue weighted by atomic mass is 10.3. The van der Waals surface area contributed by atoms with E-state index in [-0.39, 0.29) is 30.4 Å². The van der Waals surface area contributed by atoms with E-state index in [1.165, 1.54) is 9.58 Å². The quantitative estimate of drug-likeness (QED) is 0.783. The van der Waals surface area contributed by atoms with E-state index >= 15 is 0 Å². The molecule has 1 fully saturated rings. The predicted molar refractivity (Wildman–Crippen MR) is 95.3 cm³/mol. The van der Waals surface area contributed by atoms with E-state index in [0.29, 0.717) is 28.0 Å². The van der Waals surface area contributed by atoms with E-state index in [1.54, 1.807) is 18.2 Å². The smallest absolute Gasteiger partial charge is 0.293 e. The molecule has 0 radical (unpaired) electrons. The first-order valence-electron chi connectivity index (χ1n) is 7.72. The molecule has 1 aliphatic rings. The van der Waals surface area contributed by atoms with Crippen molar-refractivity contribution in [3.05, 3.63) is 39.9 Å². The van der Waals surface area contributed by atoms with Crippen molar-refractivity contribution in [2.45, 2.75) is 13.3 Å². The summed E-state index contributed by atoms with van der Waals surface area (Å²) in [5, 5.41) is 5.08. The lowest BCUT2D eigenvalue weighted by molar-refractivity contribution is 0.0758. The maximum atomic E-state index is 12.6. The number of aryl methyl sites for hydroxylation is 1. The molecule has 2 aromatic rings. The molecule has 1 amide bonds. The van der Waals surface area contributed by atoms with Crippen molar-refractivity contribution in [3.8, 4) is 5.69 Å². The largest absolute Gasteiger partial charge is 0.334 e. The van der Waals surface area contributed by atoms with Gasteiger partial charge in [-0.15, -0.1) is 5.10 Å². The van der Waals surface area contributed by atoms with Crippen molar-refractivity contribution in [1.82, 2.24) is 19.7 Å². The van der Waals surface area contributed by atoms with Crippen LogP contribution in [0.5, 0.6) is 0 Å². The van der Waals surface area contributed by atoms with Gasteiger partial charge >= 0.3 is 0 Å². The second-order valence-electron chi connectivity index (χ2n) is 5.63. The second-order valence-corrected chi connectivity index (χ2v) is 8.75. The monoisotopic (exact) mass is 402 g/mol. The number of halogens is 2. The minimum Gasteiger partial charge on any atom is -0.334 e. The molecule has 1 aromatic carbocycles. The predicted octanol–water partition coefficient (Wildman–Crippen LogP) is 2.01. The third-order valence-corrected chi connectivity index (χ3v) is 6.18. The third-order valence-electron chi connectivity index (χ3n) is 3.96. The Balaban J connectivity index is 1.95. The molecule has 1 saturated heterocycles. The molecule has 0 atom stereocenters. The van der Waals surface area contributed by atoms with Gasteiger partial charge in [0, 0.05) is 19.5 Å². The fourth-order valence-corrected chi connectivity index (χ4v) is 4.35. The molecule has 0 spiro atoms. The van der Waals surface area contributed by atoms with Gasteiger partial charge in [-0.3, -0.25) is 4.79 Å². The standard InChI is InChI=1S/C15H16Cl2N4O3S/c1-2-12-18-14(15(22)20-6-8-25(23,24)9-7-20)19-21(12)13-10(16)4-3-5-11(13)17/h3-5H,2,6-9H2,1H3. The highest BCUT2D eigenvalue weighted by Crippen LogP contribution is 2.29. The maximum absolute atomic E-state index is 12.6. The SMILES string of the molecule is CCc1nc(C(=O)N2CCS(=O)(=O)CC2)nn1-c1c(Cl)cccc1Cl. The number of amides is 1. The summed E-state index contributed by atoms with van der Waals surface area (Å²) < 4.78 is 24.5. The van der Waals surface area contributed by atoms with Crippen LogP contribution in [0.3, 0.4) is 0 Å². The number of benzene rings is 1. The van der Waals surface area contributed by atoms with E-state index in [0.717, 1.165) is 0 Å². The summed E-state index contributed by atoms with van der Waals surface area (Å²) in [6.07, 6.45) is 0.524. The van der Waals surface area contributed by atoms with Gasteiger partial charge in [0.2, 0.25) is 5.82 Å². The molecule has 0 bridgehead atoms. The van der Waals surface area contributed by atoms with Crippen LogP contribution in [0.2, 0.25) is 10.0 Å². The summed E-state index contributed by atoms with van der Waals surface area (Å²) >= 11 is 12.5. The Morgan fingerprint density at radius 1 is 1.20 bits per heavy atom. The molecule has 1 aromatic heterocycles. The average Bonchev–Trinajstić information content (AvgIpc) is 2.98. The zero-order valence-electron chi connectivity index (χ0n) is 13.4. The van der Waals surface area contributed by atoms with Crippen LogP contribution in [0.1, 0.15) is 23.4 Å². The number of aromatic nitrogens is 3. The topological polar surface area (TPSA) is 85.2 Å². The Morgan fingerprint density at radius 2 is 1.80 bits per heavy atom. The van der Waals surface area contributed by atoms with E-state index in [9.17, 15) is 13.2 Å². The normalized spacial score (nSPS) is 16.8.